The Hall–Kier alpha value is -2.03. The summed E-state index contributed by atoms with van der Waals surface area (Å²) in [6.45, 7) is 1.92. The summed E-state index contributed by atoms with van der Waals surface area (Å²) in [5.41, 5.74) is 0.843. The van der Waals surface area contributed by atoms with Crippen molar-refractivity contribution in [3.8, 4) is 5.75 Å². The van der Waals surface area contributed by atoms with Crippen LogP contribution in [0, 0.1) is 5.92 Å². The Labute approximate surface area is 185 Å². The normalized spacial score (nSPS) is 20.1. The van der Waals surface area contributed by atoms with Crippen molar-refractivity contribution in [1.29, 1.82) is 0 Å². The largest absolute Gasteiger partial charge is 0.497 e. The number of thioether (sulfide) groups is 1. The molecule has 3 rings (SSSR count). The lowest BCUT2D eigenvalue weighted by molar-refractivity contribution is -0.120. The number of hydrogen-bond donors (Lipinski definition) is 1. The van der Waals surface area contributed by atoms with E-state index in [-0.39, 0.29) is 4.90 Å². The molecule has 1 saturated heterocycles. The number of halogens is 1. The lowest BCUT2D eigenvalue weighted by Gasteiger charge is -2.33. The van der Waals surface area contributed by atoms with E-state index in [0.29, 0.717) is 41.8 Å². The molecule has 6 nitrogen and oxygen atoms in total. The van der Waals surface area contributed by atoms with Crippen LogP contribution < -0.4 is 10.1 Å². The van der Waals surface area contributed by atoms with Crippen molar-refractivity contribution in [2.24, 2.45) is 5.92 Å². The van der Waals surface area contributed by atoms with Gasteiger partial charge in [0.25, 0.3) is 11.1 Å². The van der Waals surface area contributed by atoms with Gasteiger partial charge in [-0.05, 0) is 66.6 Å². The molecule has 0 bridgehead atoms. The first-order chi connectivity index (χ1) is 14.2. The van der Waals surface area contributed by atoms with Gasteiger partial charge in [0, 0.05) is 10.9 Å². The molecule has 2 aromatic rings. The van der Waals surface area contributed by atoms with Crippen molar-refractivity contribution in [3.05, 3.63) is 59.1 Å². The van der Waals surface area contributed by atoms with Gasteiger partial charge in [0.05, 0.1) is 12.0 Å². The average molecular weight is 468 g/mol. The summed E-state index contributed by atoms with van der Waals surface area (Å²) in [6, 6.07) is 12.9. The maximum absolute atomic E-state index is 13.8. The Morgan fingerprint density at radius 1 is 1.10 bits per heavy atom. The maximum atomic E-state index is 13.8. The van der Waals surface area contributed by atoms with Crippen molar-refractivity contribution in [2.45, 2.75) is 35.2 Å². The molecule has 30 heavy (non-hydrogen) atoms. The second-order valence-corrected chi connectivity index (χ2v) is 11.0. The predicted molar refractivity (Wildman–Crippen MR) is 118 cm³/mol. The van der Waals surface area contributed by atoms with E-state index < -0.39 is 31.0 Å². The minimum Gasteiger partial charge on any atom is -0.497 e. The van der Waals surface area contributed by atoms with E-state index in [9.17, 15) is 18.0 Å². The number of sulfone groups is 1. The molecule has 160 valence electrons. The standard InChI is InChI=1S/C21H22ClNO5S2/c1-3-4-15(13-14-5-7-16(22)8-6-14)21(19(24)23-20(25)29-21)30(26,27)18-11-9-17(28-2)10-12-18/h5-12,15H,3-4,13H2,1-2H3,(H,23,24,25). The van der Waals surface area contributed by atoms with E-state index in [1.165, 1.54) is 31.4 Å². The van der Waals surface area contributed by atoms with Crippen LogP contribution >= 0.6 is 23.4 Å². The highest BCUT2D eigenvalue weighted by atomic mass is 35.5. The lowest BCUT2D eigenvalue weighted by atomic mass is 9.91. The van der Waals surface area contributed by atoms with Gasteiger partial charge in [0.15, 0.2) is 0 Å². The summed E-state index contributed by atoms with van der Waals surface area (Å²) in [5.74, 6) is -0.915. The van der Waals surface area contributed by atoms with E-state index in [1.807, 2.05) is 6.92 Å². The summed E-state index contributed by atoms with van der Waals surface area (Å²) in [6.07, 6.45) is 1.42. The van der Waals surface area contributed by atoms with Crippen molar-refractivity contribution < 1.29 is 22.7 Å². The molecule has 0 aromatic heterocycles. The lowest BCUT2D eigenvalue weighted by Crippen LogP contribution is -2.50. The van der Waals surface area contributed by atoms with Crippen LogP contribution in [0.2, 0.25) is 5.02 Å². The van der Waals surface area contributed by atoms with Gasteiger partial charge < -0.3 is 4.74 Å². The summed E-state index contributed by atoms with van der Waals surface area (Å²) in [4.78, 5) is 25.2. The molecule has 0 aliphatic carbocycles. The quantitative estimate of drug-likeness (QED) is 0.616. The molecule has 0 spiro atoms. The Kier molecular flexibility index (Phi) is 6.79. The summed E-state index contributed by atoms with van der Waals surface area (Å²) < 4.78 is 30.7. The maximum Gasteiger partial charge on any atom is 0.287 e. The number of rotatable bonds is 8. The second kappa shape index (κ2) is 8.99. The fraction of sp³-hybridized carbons (Fsp3) is 0.333. The number of nitrogens with one attached hydrogen (secondary N) is 1. The number of ether oxygens (including phenoxy) is 1. The van der Waals surface area contributed by atoms with Gasteiger partial charge in [-0.15, -0.1) is 0 Å². The molecule has 1 heterocycles. The molecule has 2 amide bonds. The summed E-state index contributed by atoms with van der Waals surface area (Å²) >= 11 is 6.52. The van der Waals surface area contributed by atoms with Crippen LogP contribution in [-0.4, -0.2) is 30.8 Å². The SMILES string of the molecule is CCCC(Cc1ccc(Cl)cc1)C1(S(=O)(=O)c2ccc(OC)cc2)SC(=O)NC1=O. The molecule has 2 unspecified atom stereocenters. The van der Waals surface area contributed by atoms with E-state index in [2.05, 4.69) is 5.32 Å². The van der Waals surface area contributed by atoms with Crippen LogP contribution in [0.15, 0.2) is 53.4 Å². The zero-order chi connectivity index (χ0) is 21.9. The molecule has 1 fully saturated rings. The first-order valence-electron chi connectivity index (χ1n) is 9.42. The monoisotopic (exact) mass is 467 g/mol. The zero-order valence-corrected chi connectivity index (χ0v) is 18.9. The molecule has 9 heteroatoms. The van der Waals surface area contributed by atoms with Gasteiger partial charge in [0.1, 0.15) is 5.75 Å². The highest BCUT2D eigenvalue weighted by Gasteiger charge is 2.62. The van der Waals surface area contributed by atoms with Crippen molar-refractivity contribution in [3.63, 3.8) is 0 Å². The third-order valence-electron chi connectivity index (χ3n) is 5.12. The number of carbonyl (C=O) groups excluding carboxylic acids is 2. The molecule has 1 N–H and O–H groups in total. The van der Waals surface area contributed by atoms with E-state index in [0.717, 1.165) is 5.56 Å². The highest BCUT2D eigenvalue weighted by Crippen LogP contribution is 2.49. The smallest absolute Gasteiger partial charge is 0.287 e. The third-order valence-corrected chi connectivity index (χ3v) is 9.59. The fourth-order valence-corrected chi connectivity index (χ4v) is 7.46. The highest BCUT2D eigenvalue weighted by molar-refractivity contribution is 8.25. The Bertz CT molecular complexity index is 1040. The molecule has 2 aromatic carbocycles. The molecule has 1 aliphatic heterocycles. The average Bonchev–Trinajstić information content (AvgIpc) is 3.04. The zero-order valence-electron chi connectivity index (χ0n) is 16.6. The minimum absolute atomic E-state index is 0.0298. The number of imide groups is 1. The minimum atomic E-state index is -4.21. The van der Waals surface area contributed by atoms with E-state index in [1.54, 1.807) is 24.3 Å². The predicted octanol–water partition coefficient (Wildman–Crippen LogP) is 4.46. The van der Waals surface area contributed by atoms with E-state index in [4.69, 9.17) is 16.3 Å². The number of carbonyl (C=O) groups is 2. The fourth-order valence-electron chi connectivity index (χ4n) is 3.66. The first-order valence-corrected chi connectivity index (χ1v) is 12.1. The van der Waals surface area contributed by atoms with Crippen LogP contribution in [0.4, 0.5) is 4.79 Å². The molecule has 1 aliphatic rings. The van der Waals surface area contributed by atoms with Gasteiger partial charge in [-0.1, -0.05) is 37.1 Å². The summed E-state index contributed by atoms with van der Waals surface area (Å²) in [7, 11) is -2.73. The van der Waals surface area contributed by atoms with Crippen molar-refractivity contribution in [2.75, 3.05) is 7.11 Å². The van der Waals surface area contributed by atoms with Gasteiger partial charge in [-0.3, -0.25) is 14.9 Å². The number of hydrogen-bond acceptors (Lipinski definition) is 6. The van der Waals surface area contributed by atoms with Crippen LogP contribution in [0.25, 0.3) is 0 Å². The van der Waals surface area contributed by atoms with Gasteiger partial charge >= 0.3 is 0 Å². The Morgan fingerprint density at radius 2 is 1.73 bits per heavy atom. The van der Waals surface area contributed by atoms with E-state index >= 15 is 0 Å². The van der Waals surface area contributed by atoms with Crippen molar-refractivity contribution >= 4 is 44.3 Å². The van der Waals surface area contributed by atoms with Crippen LogP contribution in [0.5, 0.6) is 5.75 Å². The molecular weight excluding hydrogens is 446 g/mol. The second-order valence-electron chi connectivity index (χ2n) is 7.01. The molecule has 0 saturated carbocycles. The topological polar surface area (TPSA) is 89.5 Å². The number of methoxy groups -OCH3 is 1. The van der Waals surface area contributed by atoms with Gasteiger partial charge in [0.2, 0.25) is 13.9 Å². The molecular formula is C21H22ClNO5S2. The van der Waals surface area contributed by atoms with Crippen LogP contribution in [0.1, 0.15) is 25.3 Å². The third kappa shape index (κ3) is 4.08. The number of amides is 2. The Balaban J connectivity index is 2.12. The van der Waals surface area contributed by atoms with Gasteiger partial charge in [-0.25, -0.2) is 8.42 Å². The van der Waals surface area contributed by atoms with Crippen molar-refractivity contribution in [1.82, 2.24) is 5.32 Å². The molecule has 0 radical (unpaired) electrons. The van der Waals surface area contributed by atoms with Crippen LogP contribution in [-0.2, 0) is 21.1 Å². The number of benzene rings is 2. The molecule has 2 atom stereocenters. The van der Waals surface area contributed by atoms with Gasteiger partial charge in [-0.2, -0.15) is 0 Å². The first kappa shape index (κ1) is 22.7. The Morgan fingerprint density at radius 3 is 2.23 bits per heavy atom. The van der Waals surface area contributed by atoms with Crippen LogP contribution in [0.3, 0.4) is 0 Å². The summed E-state index contributed by atoms with van der Waals surface area (Å²) in [5, 5.41) is 2.11.